The first-order chi connectivity index (χ1) is 14.2. The third-order valence-corrected chi connectivity index (χ3v) is 6.04. The van der Waals surface area contributed by atoms with Gasteiger partial charge in [0.25, 0.3) is 0 Å². The van der Waals surface area contributed by atoms with Crippen LogP contribution in [0.2, 0.25) is 0 Å². The molecule has 0 fully saturated rings. The fourth-order valence-electron chi connectivity index (χ4n) is 3.39. The number of hydrogen-bond donors (Lipinski definition) is 0. The number of aryl methyl sites for hydroxylation is 3. The molecule has 1 heterocycles. The van der Waals surface area contributed by atoms with Crippen LogP contribution in [-0.4, -0.2) is 4.57 Å². The molecule has 0 saturated carbocycles. The number of nitrogens with zero attached hydrogens (tertiary/aromatic N) is 2. The van der Waals surface area contributed by atoms with Gasteiger partial charge in [0.15, 0.2) is 4.80 Å². The lowest BCUT2D eigenvalue weighted by molar-refractivity contribution is 0.684. The van der Waals surface area contributed by atoms with Gasteiger partial charge in [-0.1, -0.05) is 79.2 Å². The van der Waals surface area contributed by atoms with E-state index >= 15 is 0 Å². The first-order valence-corrected chi connectivity index (χ1v) is 11.0. The van der Waals surface area contributed by atoms with Gasteiger partial charge in [-0.3, -0.25) is 0 Å². The van der Waals surface area contributed by atoms with Crippen molar-refractivity contribution in [2.45, 2.75) is 33.2 Å². The third-order valence-electron chi connectivity index (χ3n) is 5.18. The standard InChI is InChI=1S/C26H26N2S/c1-3-21-11-15-24(16-12-21)27-26-28(18-17-22-7-5-4-6-8-22)25(19-29-26)23-13-9-20(2)10-14-23/h4-16,19H,3,17-18H2,1-2H3. The Kier molecular flexibility index (Phi) is 6.06. The number of benzene rings is 3. The number of thiazole rings is 1. The second kappa shape index (κ2) is 9.06. The van der Waals surface area contributed by atoms with Crippen LogP contribution in [0.4, 0.5) is 5.69 Å². The minimum absolute atomic E-state index is 0.905. The van der Waals surface area contributed by atoms with Crippen molar-refractivity contribution in [3.63, 3.8) is 0 Å². The zero-order valence-electron chi connectivity index (χ0n) is 17.0. The van der Waals surface area contributed by atoms with Crippen LogP contribution < -0.4 is 4.80 Å². The van der Waals surface area contributed by atoms with E-state index < -0.39 is 0 Å². The summed E-state index contributed by atoms with van der Waals surface area (Å²) < 4.78 is 2.36. The first kappa shape index (κ1) is 19.4. The molecule has 1 aromatic heterocycles. The van der Waals surface area contributed by atoms with Crippen molar-refractivity contribution in [2.24, 2.45) is 4.99 Å². The Morgan fingerprint density at radius 2 is 1.55 bits per heavy atom. The van der Waals surface area contributed by atoms with Crippen LogP contribution >= 0.6 is 11.3 Å². The van der Waals surface area contributed by atoms with Crippen LogP contribution in [-0.2, 0) is 19.4 Å². The van der Waals surface area contributed by atoms with Crippen molar-refractivity contribution in [1.29, 1.82) is 0 Å². The minimum Gasteiger partial charge on any atom is -0.316 e. The first-order valence-electron chi connectivity index (χ1n) is 10.2. The number of aromatic nitrogens is 1. The van der Waals surface area contributed by atoms with Gasteiger partial charge in [-0.25, -0.2) is 4.99 Å². The van der Waals surface area contributed by atoms with Gasteiger partial charge in [0.1, 0.15) is 0 Å². The van der Waals surface area contributed by atoms with Crippen molar-refractivity contribution in [3.05, 3.63) is 106 Å². The van der Waals surface area contributed by atoms with Crippen molar-refractivity contribution in [1.82, 2.24) is 4.57 Å². The molecule has 0 atom stereocenters. The Morgan fingerprint density at radius 3 is 2.24 bits per heavy atom. The molecule has 0 aliphatic carbocycles. The highest BCUT2D eigenvalue weighted by atomic mass is 32.1. The van der Waals surface area contributed by atoms with Gasteiger partial charge in [0, 0.05) is 11.9 Å². The summed E-state index contributed by atoms with van der Waals surface area (Å²) in [6.07, 6.45) is 2.03. The lowest BCUT2D eigenvalue weighted by Gasteiger charge is -2.10. The minimum atomic E-state index is 0.905. The molecule has 0 aliphatic rings. The fourth-order valence-corrected chi connectivity index (χ4v) is 4.35. The highest BCUT2D eigenvalue weighted by Gasteiger charge is 2.09. The van der Waals surface area contributed by atoms with Crippen LogP contribution in [0.1, 0.15) is 23.6 Å². The Hall–Kier alpha value is -2.91. The van der Waals surface area contributed by atoms with Gasteiger partial charge in [0.05, 0.1) is 11.4 Å². The normalized spacial score (nSPS) is 11.7. The summed E-state index contributed by atoms with van der Waals surface area (Å²) >= 11 is 1.71. The highest BCUT2D eigenvalue weighted by molar-refractivity contribution is 7.07. The van der Waals surface area contributed by atoms with Crippen molar-refractivity contribution < 1.29 is 0 Å². The molecule has 0 saturated heterocycles. The van der Waals surface area contributed by atoms with Gasteiger partial charge in [-0.15, -0.1) is 11.3 Å². The smallest absolute Gasteiger partial charge is 0.190 e. The van der Waals surface area contributed by atoms with E-state index in [0.717, 1.165) is 29.9 Å². The second-order valence-corrected chi connectivity index (χ2v) is 8.13. The van der Waals surface area contributed by atoms with Crippen molar-refractivity contribution >= 4 is 17.0 Å². The number of rotatable bonds is 6. The molecule has 0 radical (unpaired) electrons. The molecule has 3 aromatic carbocycles. The van der Waals surface area contributed by atoms with E-state index in [2.05, 4.69) is 103 Å². The molecule has 3 heteroatoms. The maximum Gasteiger partial charge on any atom is 0.190 e. The molecule has 29 heavy (non-hydrogen) atoms. The van der Waals surface area contributed by atoms with Crippen LogP contribution in [0.25, 0.3) is 11.3 Å². The molecule has 2 nitrogen and oxygen atoms in total. The SMILES string of the molecule is CCc1ccc(N=c2scc(-c3ccc(C)cc3)n2CCc2ccccc2)cc1. The van der Waals surface area contributed by atoms with Crippen LogP contribution in [0.15, 0.2) is 89.2 Å². The van der Waals surface area contributed by atoms with E-state index in [4.69, 9.17) is 4.99 Å². The zero-order chi connectivity index (χ0) is 20.1. The largest absolute Gasteiger partial charge is 0.316 e. The number of hydrogen-bond acceptors (Lipinski definition) is 2. The van der Waals surface area contributed by atoms with Gasteiger partial charge >= 0.3 is 0 Å². The van der Waals surface area contributed by atoms with Crippen LogP contribution in [0, 0.1) is 6.92 Å². The summed E-state index contributed by atoms with van der Waals surface area (Å²) in [6, 6.07) is 28.0. The average Bonchev–Trinajstić information content (AvgIpc) is 3.16. The summed E-state index contributed by atoms with van der Waals surface area (Å²) in [5.74, 6) is 0. The molecular formula is C26H26N2S. The Morgan fingerprint density at radius 1 is 0.828 bits per heavy atom. The predicted molar refractivity (Wildman–Crippen MR) is 124 cm³/mol. The van der Waals surface area contributed by atoms with E-state index in [1.807, 2.05) is 0 Å². The maximum atomic E-state index is 4.97. The van der Waals surface area contributed by atoms with Crippen molar-refractivity contribution in [3.8, 4) is 11.3 Å². The van der Waals surface area contributed by atoms with Crippen molar-refractivity contribution in [2.75, 3.05) is 0 Å². The fraction of sp³-hybridized carbons (Fsp3) is 0.192. The van der Waals surface area contributed by atoms with Gasteiger partial charge in [-0.2, -0.15) is 0 Å². The molecule has 0 N–H and O–H groups in total. The quantitative estimate of drug-likeness (QED) is 0.350. The van der Waals surface area contributed by atoms with E-state index in [1.54, 1.807) is 11.3 Å². The molecule has 0 aliphatic heterocycles. The monoisotopic (exact) mass is 398 g/mol. The molecule has 4 rings (SSSR count). The van der Waals surface area contributed by atoms with Gasteiger partial charge in [-0.05, 0) is 48.6 Å². The zero-order valence-corrected chi connectivity index (χ0v) is 17.8. The van der Waals surface area contributed by atoms with Gasteiger partial charge < -0.3 is 4.57 Å². The average molecular weight is 399 g/mol. The summed E-state index contributed by atoms with van der Waals surface area (Å²) in [6.45, 7) is 5.21. The van der Waals surface area contributed by atoms with E-state index in [9.17, 15) is 0 Å². The molecule has 0 unspecified atom stereocenters. The molecule has 146 valence electrons. The molecule has 0 bridgehead atoms. The Bertz CT molecular complexity index is 1120. The molecule has 4 aromatic rings. The van der Waals surface area contributed by atoms with E-state index in [1.165, 1.54) is 27.9 Å². The molecule has 0 spiro atoms. The maximum absolute atomic E-state index is 4.97. The predicted octanol–water partition coefficient (Wildman–Crippen LogP) is 6.56. The Balaban J connectivity index is 1.73. The van der Waals surface area contributed by atoms with E-state index in [0.29, 0.717) is 0 Å². The second-order valence-electron chi connectivity index (χ2n) is 7.29. The topological polar surface area (TPSA) is 17.3 Å². The summed E-state index contributed by atoms with van der Waals surface area (Å²) in [7, 11) is 0. The Labute approximate surface area is 176 Å². The van der Waals surface area contributed by atoms with E-state index in [-0.39, 0.29) is 0 Å². The summed E-state index contributed by atoms with van der Waals surface area (Å²) in [4.78, 5) is 6.02. The lowest BCUT2D eigenvalue weighted by atomic mass is 10.1. The van der Waals surface area contributed by atoms with Crippen LogP contribution in [0.3, 0.4) is 0 Å². The lowest BCUT2D eigenvalue weighted by Crippen LogP contribution is -2.17. The molecule has 0 amide bonds. The van der Waals surface area contributed by atoms with Crippen LogP contribution in [0.5, 0.6) is 0 Å². The van der Waals surface area contributed by atoms with Gasteiger partial charge in [0.2, 0.25) is 0 Å². The highest BCUT2D eigenvalue weighted by Crippen LogP contribution is 2.22. The summed E-state index contributed by atoms with van der Waals surface area (Å²) in [5.41, 5.74) is 7.44. The third kappa shape index (κ3) is 4.75. The molecular weight excluding hydrogens is 372 g/mol. The summed E-state index contributed by atoms with van der Waals surface area (Å²) in [5, 5.41) is 2.23.